The quantitative estimate of drug-likeness (QED) is 0.600. The maximum absolute atomic E-state index is 13.9. The van der Waals surface area contributed by atoms with Crippen molar-refractivity contribution < 1.29 is 18.0 Å². The van der Waals surface area contributed by atoms with Crippen molar-refractivity contribution in [2.45, 2.75) is 24.7 Å². The van der Waals surface area contributed by atoms with Crippen LogP contribution in [0.1, 0.15) is 34.6 Å². The van der Waals surface area contributed by atoms with E-state index in [2.05, 4.69) is 47.2 Å². The molecule has 0 spiro atoms. The molecule has 2 aromatic rings. The fourth-order valence-electron chi connectivity index (χ4n) is 3.80. The van der Waals surface area contributed by atoms with E-state index in [0.717, 1.165) is 14.7 Å². The molecule has 1 fully saturated rings. The largest absolute Gasteiger partial charge is 0.410 e. The van der Waals surface area contributed by atoms with E-state index in [1.165, 1.54) is 0 Å². The zero-order valence-electron chi connectivity index (χ0n) is 16.1. The number of rotatable bonds is 2. The Kier molecular flexibility index (Phi) is 5.88. The highest BCUT2D eigenvalue weighted by molar-refractivity contribution is 9.11. The van der Waals surface area contributed by atoms with Crippen LogP contribution in [-0.2, 0) is 0 Å². The number of nitrogens with zero attached hydrogens (tertiary/aromatic N) is 4. The van der Waals surface area contributed by atoms with Crippen molar-refractivity contribution in [1.82, 2.24) is 19.6 Å². The van der Waals surface area contributed by atoms with E-state index in [0.29, 0.717) is 26.2 Å². The Morgan fingerprint density at radius 3 is 2.37 bits per heavy atom. The predicted molar refractivity (Wildman–Crippen MR) is 114 cm³/mol. The minimum atomic E-state index is -4.50. The van der Waals surface area contributed by atoms with Crippen molar-refractivity contribution in [1.29, 1.82) is 0 Å². The van der Waals surface area contributed by atoms with Gasteiger partial charge in [-0.3, -0.25) is 4.79 Å². The summed E-state index contributed by atoms with van der Waals surface area (Å²) >= 11 is 6.69. The second-order valence-corrected chi connectivity index (χ2v) is 9.30. The van der Waals surface area contributed by atoms with Gasteiger partial charge >= 0.3 is 6.18 Å². The molecule has 0 radical (unpaired) electrons. The van der Waals surface area contributed by atoms with Crippen molar-refractivity contribution in [2.75, 3.05) is 38.5 Å². The van der Waals surface area contributed by atoms with Crippen LogP contribution in [0.15, 0.2) is 33.2 Å². The van der Waals surface area contributed by atoms with Gasteiger partial charge in [0.1, 0.15) is 5.82 Å². The number of aromatic nitrogens is 2. The highest BCUT2D eigenvalue weighted by Gasteiger charge is 2.48. The number of amides is 1. The van der Waals surface area contributed by atoms with Gasteiger partial charge in [-0.15, -0.1) is 0 Å². The number of carbonyl (C=O) groups excluding carboxylic acids is 1. The topological polar surface area (TPSA) is 53.4 Å². The SMILES string of the molecule is CN1CCN(C(=O)c2nn3c(c2Br)NC(c2ccc(Br)cc2)CC3C(F)(F)F)CC1. The Bertz CT molecular complexity index is 939. The lowest BCUT2D eigenvalue weighted by molar-refractivity contribution is -0.173. The number of alkyl halides is 3. The van der Waals surface area contributed by atoms with Crippen molar-refractivity contribution in [2.24, 2.45) is 0 Å². The summed E-state index contributed by atoms with van der Waals surface area (Å²) in [6, 6.07) is 4.77. The number of anilines is 1. The first-order valence-electron chi connectivity index (χ1n) is 9.49. The van der Waals surface area contributed by atoms with Gasteiger partial charge in [0.25, 0.3) is 5.91 Å². The van der Waals surface area contributed by atoms with E-state index in [-0.39, 0.29) is 28.3 Å². The molecule has 30 heavy (non-hydrogen) atoms. The number of hydrogen-bond acceptors (Lipinski definition) is 4. The number of nitrogens with one attached hydrogen (secondary N) is 1. The summed E-state index contributed by atoms with van der Waals surface area (Å²) in [7, 11) is 1.97. The van der Waals surface area contributed by atoms with Crippen molar-refractivity contribution in [3.8, 4) is 0 Å². The van der Waals surface area contributed by atoms with Crippen LogP contribution in [0.4, 0.5) is 19.0 Å². The van der Waals surface area contributed by atoms with Gasteiger partial charge in [-0.1, -0.05) is 28.1 Å². The Morgan fingerprint density at radius 2 is 1.77 bits per heavy atom. The minimum Gasteiger partial charge on any atom is -0.362 e. The van der Waals surface area contributed by atoms with Gasteiger partial charge < -0.3 is 15.1 Å². The van der Waals surface area contributed by atoms with Crippen LogP contribution in [0.5, 0.6) is 0 Å². The summed E-state index contributed by atoms with van der Waals surface area (Å²) in [5, 5.41) is 7.26. The number of benzene rings is 1. The predicted octanol–water partition coefficient (Wildman–Crippen LogP) is 4.46. The number of hydrogen-bond donors (Lipinski definition) is 1. The van der Waals surface area contributed by atoms with Gasteiger partial charge in [-0.05, 0) is 40.7 Å². The molecule has 0 saturated carbocycles. The van der Waals surface area contributed by atoms with Crippen molar-refractivity contribution in [3.63, 3.8) is 0 Å². The average molecular weight is 551 g/mol. The molecule has 11 heteroatoms. The van der Waals surface area contributed by atoms with E-state index in [1.807, 2.05) is 7.05 Å². The molecule has 1 amide bonds. The minimum absolute atomic E-state index is 0.00718. The monoisotopic (exact) mass is 549 g/mol. The molecule has 6 nitrogen and oxygen atoms in total. The lowest BCUT2D eigenvalue weighted by Crippen LogP contribution is -2.47. The molecule has 1 aromatic heterocycles. The number of likely N-dealkylation sites (N-methyl/N-ethyl adjacent to an activating group) is 1. The van der Waals surface area contributed by atoms with Crippen LogP contribution in [0.2, 0.25) is 0 Å². The smallest absolute Gasteiger partial charge is 0.362 e. The zero-order chi connectivity index (χ0) is 21.6. The standard InChI is InChI=1S/C19H20Br2F3N5O/c1-27-6-8-28(9-7-27)18(30)16-15(21)17-25-13(11-2-4-12(20)5-3-11)10-14(19(22,23)24)29(17)26-16/h2-5,13-14,25H,6-10H2,1H3. The molecule has 2 unspecified atom stereocenters. The number of piperazine rings is 1. The molecule has 2 aliphatic heterocycles. The van der Waals surface area contributed by atoms with E-state index in [9.17, 15) is 18.0 Å². The fourth-order valence-corrected chi connectivity index (χ4v) is 4.61. The second kappa shape index (κ2) is 8.16. The highest BCUT2D eigenvalue weighted by atomic mass is 79.9. The molecule has 0 bridgehead atoms. The third kappa shape index (κ3) is 4.11. The maximum atomic E-state index is 13.9. The number of carbonyl (C=O) groups is 1. The zero-order valence-corrected chi connectivity index (χ0v) is 19.3. The summed E-state index contributed by atoms with van der Waals surface area (Å²) in [6.45, 7) is 2.46. The number of fused-ring (bicyclic) bond motifs is 1. The molecule has 1 N–H and O–H groups in total. The van der Waals surface area contributed by atoms with Crippen LogP contribution < -0.4 is 5.32 Å². The number of halogens is 5. The third-order valence-electron chi connectivity index (χ3n) is 5.56. The Labute approximate surface area is 188 Å². The molecular formula is C19H20Br2F3N5O. The molecule has 3 heterocycles. The molecule has 2 atom stereocenters. The molecule has 0 aliphatic carbocycles. The van der Waals surface area contributed by atoms with E-state index < -0.39 is 18.3 Å². The molecule has 1 saturated heterocycles. The Morgan fingerprint density at radius 1 is 1.13 bits per heavy atom. The molecule has 2 aliphatic rings. The average Bonchev–Trinajstić information content (AvgIpc) is 3.04. The summed E-state index contributed by atoms with van der Waals surface area (Å²) in [4.78, 5) is 16.7. The van der Waals surface area contributed by atoms with Gasteiger partial charge in [0.2, 0.25) is 0 Å². The first-order valence-corrected chi connectivity index (χ1v) is 11.1. The Balaban J connectivity index is 1.69. The van der Waals surface area contributed by atoms with Gasteiger partial charge in [-0.25, -0.2) is 4.68 Å². The van der Waals surface area contributed by atoms with Gasteiger partial charge in [0, 0.05) is 37.1 Å². The summed E-state index contributed by atoms with van der Waals surface area (Å²) in [5.74, 6) is -0.186. The van der Waals surface area contributed by atoms with Crippen LogP contribution in [0.3, 0.4) is 0 Å². The lowest BCUT2D eigenvalue weighted by atomic mass is 9.97. The van der Waals surface area contributed by atoms with E-state index in [4.69, 9.17) is 0 Å². The lowest BCUT2D eigenvalue weighted by Gasteiger charge is -2.33. The first kappa shape index (κ1) is 21.6. The van der Waals surface area contributed by atoms with E-state index >= 15 is 0 Å². The molecule has 1 aromatic carbocycles. The third-order valence-corrected chi connectivity index (χ3v) is 6.84. The van der Waals surface area contributed by atoms with Gasteiger partial charge in [-0.2, -0.15) is 18.3 Å². The summed E-state index contributed by atoms with van der Waals surface area (Å²) in [5.41, 5.74) is 0.742. The fraction of sp³-hybridized carbons (Fsp3) is 0.474. The summed E-state index contributed by atoms with van der Waals surface area (Å²) in [6.07, 6.45) is -4.71. The highest BCUT2D eigenvalue weighted by Crippen LogP contribution is 2.46. The van der Waals surface area contributed by atoms with Crippen LogP contribution >= 0.6 is 31.9 Å². The van der Waals surface area contributed by atoms with Crippen LogP contribution in [0.25, 0.3) is 0 Å². The second-order valence-electron chi connectivity index (χ2n) is 7.59. The van der Waals surface area contributed by atoms with Crippen molar-refractivity contribution >= 4 is 43.6 Å². The van der Waals surface area contributed by atoms with Crippen molar-refractivity contribution in [3.05, 3.63) is 44.5 Å². The maximum Gasteiger partial charge on any atom is 0.410 e. The summed E-state index contributed by atoms with van der Waals surface area (Å²) < 4.78 is 43.7. The molecule has 162 valence electrons. The van der Waals surface area contributed by atoms with Gasteiger partial charge in [0.05, 0.1) is 10.5 Å². The van der Waals surface area contributed by atoms with Crippen LogP contribution in [0, 0.1) is 0 Å². The van der Waals surface area contributed by atoms with E-state index in [1.54, 1.807) is 29.2 Å². The molecule has 4 rings (SSSR count). The van der Waals surface area contributed by atoms with Gasteiger partial charge in [0.15, 0.2) is 11.7 Å². The normalized spacial score (nSPS) is 22.5. The Hall–Kier alpha value is -1.59. The first-order chi connectivity index (χ1) is 14.1. The molecular weight excluding hydrogens is 531 g/mol. The van der Waals surface area contributed by atoms with Crippen LogP contribution in [-0.4, -0.2) is 64.9 Å².